The van der Waals surface area contributed by atoms with Crippen LogP contribution in [0.3, 0.4) is 0 Å². The van der Waals surface area contributed by atoms with Crippen molar-refractivity contribution in [1.29, 1.82) is 0 Å². The maximum atomic E-state index is 10.1. The number of unbranched alkanes of at least 4 members (excludes halogenated alkanes) is 5. The van der Waals surface area contributed by atoms with Crippen molar-refractivity contribution in [2.75, 3.05) is 6.61 Å². The van der Waals surface area contributed by atoms with Crippen molar-refractivity contribution in [2.45, 2.75) is 45.4 Å². The number of rotatable bonds is 8. The van der Waals surface area contributed by atoms with E-state index in [1.54, 1.807) is 0 Å². The van der Waals surface area contributed by atoms with E-state index in [1.165, 1.54) is 25.7 Å². The molecular weight excluding hydrogens is 231 g/mol. The molecule has 0 bridgehead atoms. The monoisotopic (exact) mass is 250 g/mol. The summed E-state index contributed by atoms with van der Waals surface area (Å²) in [7, 11) is -2.68. The molecule has 0 aromatic carbocycles. The molecule has 0 fully saturated rings. The first-order valence-electron chi connectivity index (χ1n) is 4.63. The van der Waals surface area contributed by atoms with E-state index in [1.807, 2.05) is 0 Å². The van der Waals surface area contributed by atoms with Gasteiger partial charge in [-0.05, 0) is 6.42 Å². The van der Waals surface area contributed by atoms with E-state index in [0.29, 0.717) is 6.61 Å². The molecule has 0 saturated heterocycles. The summed E-state index contributed by atoms with van der Waals surface area (Å²) in [4.78, 5) is 8.32. The fraction of sp³-hybridized carbons (Fsp3) is 1.00. The molecule has 0 aliphatic rings. The van der Waals surface area contributed by atoms with Crippen molar-refractivity contribution in [1.82, 2.24) is 0 Å². The fourth-order valence-corrected chi connectivity index (χ4v) is 1.36. The largest absolute Gasteiger partial charge is 0.326 e. The summed E-state index contributed by atoms with van der Waals surface area (Å²) in [6, 6.07) is 0. The summed E-state index contributed by atoms with van der Waals surface area (Å²) in [6.07, 6.45) is 7.03. The maximum absolute atomic E-state index is 10.1. The second-order valence-corrected chi connectivity index (χ2v) is 3.70. The zero-order valence-electron chi connectivity index (χ0n) is 8.07. The molecule has 3 nitrogen and oxygen atoms in total. The third-order valence-electron chi connectivity index (χ3n) is 1.72. The second kappa shape index (κ2) is 12.7. The van der Waals surface area contributed by atoms with Gasteiger partial charge in [-0.1, -0.05) is 39.0 Å². The van der Waals surface area contributed by atoms with Crippen molar-refractivity contribution >= 4 is 8.25 Å². The molecule has 0 radical (unpaired) electrons. The molecule has 1 N–H and O–H groups in total. The molecule has 0 heterocycles. The Morgan fingerprint density at radius 2 is 1.69 bits per heavy atom. The maximum Gasteiger partial charge on any atom is 0.316 e. The van der Waals surface area contributed by atoms with Gasteiger partial charge in [-0.15, -0.1) is 0 Å². The fourth-order valence-electron chi connectivity index (χ4n) is 1.04. The van der Waals surface area contributed by atoms with Crippen LogP contribution in [0, 0.1) is 0 Å². The van der Waals surface area contributed by atoms with Gasteiger partial charge in [0.25, 0.3) is 0 Å². The minimum absolute atomic E-state index is 0. The standard InChI is InChI=1S/C8H19O3P.Fe/c1-2-3-4-5-6-7-8-11-12(9)10;/h12H,2-8H2,1H3,(H,9,10);. The summed E-state index contributed by atoms with van der Waals surface area (Å²) in [5, 5.41) is 0. The van der Waals surface area contributed by atoms with Crippen LogP contribution < -0.4 is 0 Å². The van der Waals surface area contributed by atoms with Gasteiger partial charge in [-0.2, -0.15) is 0 Å². The van der Waals surface area contributed by atoms with Gasteiger partial charge in [0.05, 0.1) is 6.61 Å². The zero-order valence-corrected chi connectivity index (χ0v) is 10.2. The number of hydrogen-bond donors (Lipinski definition) is 1. The first-order chi connectivity index (χ1) is 5.77. The van der Waals surface area contributed by atoms with Gasteiger partial charge < -0.3 is 9.42 Å². The van der Waals surface area contributed by atoms with Gasteiger partial charge >= 0.3 is 8.25 Å². The van der Waals surface area contributed by atoms with Gasteiger partial charge in [0.2, 0.25) is 0 Å². The van der Waals surface area contributed by atoms with Gasteiger partial charge in [0.15, 0.2) is 0 Å². The Hall–Kier alpha value is 0.669. The van der Waals surface area contributed by atoms with Crippen LogP contribution in [0.1, 0.15) is 45.4 Å². The second-order valence-electron chi connectivity index (χ2n) is 2.88. The Morgan fingerprint density at radius 3 is 2.23 bits per heavy atom. The third kappa shape index (κ3) is 15.4. The normalized spacial score (nSPS) is 12.2. The first kappa shape index (κ1) is 16.1. The van der Waals surface area contributed by atoms with Crippen LogP contribution in [-0.4, -0.2) is 11.5 Å². The molecule has 13 heavy (non-hydrogen) atoms. The van der Waals surface area contributed by atoms with E-state index in [4.69, 9.17) is 4.89 Å². The zero-order chi connectivity index (χ0) is 9.23. The van der Waals surface area contributed by atoms with Crippen molar-refractivity contribution in [2.24, 2.45) is 0 Å². The molecule has 1 unspecified atom stereocenters. The van der Waals surface area contributed by atoms with Crippen molar-refractivity contribution < 1.29 is 31.1 Å². The van der Waals surface area contributed by atoms with Crippen LogP contribution in [0.15, 0.2) is 0 Å². The van der Waals surface area contributed by atoms with Crippen LogP contribution in [0.2, 0.25) is 0 Å². The molecular formula is C8H19FeO3P. The van der Waals surface area contributed by atoms with Crippen LogP contribution in [0.4, 0.5) is 0 Å². The summed E-state index contributed by atoms with van der Waals surface area (Å²) in [5.41, 5.74) is 0. The van der Waals surface area contributed by atoms with Crippen LogP contribution in [-0.2, 0) is 26.2 Å². The molecule has 0 aromatic rings. The average Bonchev–Trinajstić information content (AvgIpc) is 2.02. The van der Waals surface area contributed by atoms with E-state index in [2.05, 4.69) is 11.4 Å². The Balaban J connectivity index is 0. The Labute approximate surface area is 91.7 Å². The summed E-state index contributed by atoms with van der Waals surface area (Å²) in [6.45, 7) is 2.61. The summed E-state index contributed by atoms with van der Waals surface area (Å²) in [5.74, 6) is 0. The molecule has 0 aromatic heterocycles. The molecule has 5 heteroatoms. The van der Waals surface area contributed by atoms with Crippen LogP contribution >= 0.6 is 8.25 Å². The molecule has 0 aliphatic carbocycles. The minimum Gasteiger partial charge on any atom is -0.326 e. The summed E-state index contributed by atoms with van der Waals surface area (Å²) >= 11 is 0. The van der Waals surface area contributed by atoms with E-state index in [-0.39, 0.29) is 17.1 Å². The molecule has 0 amide bonds. The van der Waals surface area contributed by atoms with Gasteiger partial charge in [0.1, 0.15) is 0 Å². The molecule has 82 valence electrons. The molecule has 1 atom stereocenters. The van der Waals surface area contributed by atoms with Gasteiger partial charge in [-0.3, -0.25) is 4.57 Å². The molecule has 0 saturated carbocycles. The Kier molecular flexibility index (Phi) is 15.7. The predicted octanol–water partition coefficient (Wildman–Crippen LogP) is 2.74. The van der Waals surface area contributed by atoms with Gasteiger partial charge in [0, 0.05) is 17.1 Å². The van der Waals surface area contributed by atoms with E-state index >= 15 is 0 Å². The van der Waals surface area contributed by atoms with E-state index in [0.717, 1.165) is 12.8 Å². The molecule has 0 aliphatic heterocycles. The molecule has 0 spiro atoms. The first-order valence-corrected chi connectivity index (χ1v) is 5.89. The molecule has 0 rings (SSSR count). The quantitative estimate of drug-likeness (QED) is 0.409. The SMILES string of the molecule is CCCCCCCCO[PH](=O)O.[Fe]. The van der Waals surface area contributed by atoms with Crippen molar-refractivity contribution in [3.63, 3.8) is 0 Å². The Bertz CT molecular complexity index is 122. The van der Waals surface area contributed by atoms with Crippen LogP contribution in [0.25, 0.3) is 0 Å². The van der Waals surface area contributed by atoms with E-state index in [9.17, 15) is 4.57 Å². The predicted molar refractivity (Wildman–Crippen MR) is 50.5 cm³/mol. The minimum atomic E-state index is -2.68. The number of hydrogen-bond acceptors (Lipinski definition) is 2. The Morgan fingerprint density at radius 1 is 1.15 bits per heavy atom. The summed E-state index contributed by atoms with van der Waals surface area (Å²) < 4.78 is 14.6. The van der Waals surface area contributed by atoms with E-state index < -0.39 is 8.25 Å². The van der Waals surface area contributed by atoms with Crippen molar-refractivity contribution in [3.8, 4) is 0 Å². The topological polar surface area (TPSA) is 46.5 Å². The van der Waals surface area contributed by atoms with Gasteiger partial charge in [-0.25, -0.2) is 0 Å². The van der Waals surface area contributed by atoms with Crippen LogP contribution in [0.5, 0.6) is 0 Å². The van der Waals surface area contributed by atoms with Crippen molar-refractivity contribution in [3.05, 3.63) is 0 Å². The third-order valence-corrected chi connectivity index (χ3v) is 2.17. The average molecular weight is 250 g/mol. The smallest absolute Gasteiger partial charge is 0.316 e.